The van der Waals surface area contributed by atoms with E-state index in [1.807, 2.05) is 19.1 Å². The fourth-order valence-corrected chi connectivity index (χ4v) is 3.27. The lowest BCUT2D eigenvalue weighted by atomic mass is 9.83. The summed E-state index contributed by atoms with van der Waals surface area (Å²) in [5, 5.41) is 3.65. The predicted molar refractivity (Wildman–Crippen MR) is 88.4 cm³/mol. The molecule has 21 heavy (non-hydrogen) atoms. The number of methoxy groups -OCH3 is 1. The second kappa shape index (κ2) is 8.16. The highest BCUT2D eigenvalue weighted by molar-refractivity contribution is 5.55. The number of ether oxygens (including phenoxy) is 2. The van der Waals surface area contributed by atoms with Crippen molar-refractivity contribution < 1.29 is 9.47 Å². The summed E-state index contributed by atoms with van der Waals surface area (Å²) in [7, 11) is 1.69. The van der Waals surface area contributed by atoms with Crippen molar-refractivity contribution in [2.75, 3.05) is 19.0 Å². The Labute approximate surface area is 129 Å². The normalized spacial score (nSPS) is 21.9. The smallest absolute Gasteiger partial charge is 0.162 e. The molecule has 1 N–H and O–H groups in total. The van der Waals surface area contributed by atoms with E-state index in [2.05, 4.69) is 18.3 Å². The average molecular weight is 291 g/mol. The third kappa shape index (κ3) is 4.55. The lowest BCUT2D eigenvalue weighted by molar-refractivity contribution is 0.310. The van der Waals surface area contributed by atoms with E-state index in [0.29, 0.717) is 12.6 Å². The van der Waals surface area contributed by atoms with Crippen LogP contribution in [0.15, 0.2) is 18.2 Å². The maximum atomic E-state index is 5.56. The van der Waals surface area contributed by atoms with Gasteiger partial charge < -0.3 is 14.8 Å². The molecule has 3 heteroatoms. The number of anilines is 1. The van der Waals surface area contributed by atoms with E-state index >= 15 is 0 Å². The van der Waals surface area contributed by atoms with Crippen LogP contribution in [0.1, 0.15) is 52.4 Å². The van der Waals surface area contributed by atoms with Crippen molar-refractivity contribution in [1.82, 2.24) is 0 Å². The van der Waals surface area contributed by atoms with Crippen molar-refractivity contribution in [3.63, 3.8) is 0 Å². The summed E-state index contributed by atoms with van der Waals surface area (Å²) in [6.45, 7) is 4.93. The van der Waals surface area contributed by atoms with Crippen LogP contribution in [0.4, 0.5) is 5.69 Å². The van der Waals surface area contributed by atoms with E-state index in [9.17, 15) is 0 Å². The Morgan fingerprint density at radius 3 is 2.48 bits per heavy atom. The van der Waals surface area contributed by atoms with Crippen LogP contribution in [0.3, 0.4) is 0 Å². The van der Waals surface area contributed by atoms with Gasteiger partial charge in [-0.1, -0.05) is 19.8 Å². The molecule has 1 saturated carbocycles. The fourth-order valence-electron chi connectivity index (χ4n) is 3.27. The first kappa shape index (κ1) is 16.0. The van der Waals surface area contributed by atoms with Crippen molar-refractivity contribution in [3.05, 3.63) is 18.2 Å². The van der Waals surface area contributed by atoms with Gasteiger partial charge in [-0.15, -0.1) is 0 Å². The first-order valence-corrected chi connectivity index (χ1v) is 8.34. The molecule has 1 aromatic rings. The van der Waals surface area contributed by atoms with Gasteiger partial charge in [0, 0.05) is 17.8 Å². The molecule has 118 valence electrons. The minimum absolute atomic E-state index is 0.598. The molecule has 1 aliphatic rings. The van der Waals surface area contributed by atoms with E-state index in [1.54, 1.807) is 7.11 Å². The molecule has 0 unspecified atom stereocenters. The van der Waals surface area contributed by atoms with Gasteiger partial charge in [-0.3, -0.25) is 0 Å². The zero-order chi connectivity index (χ0) is 15.1. The summed E-state index contributed by atoms with van der Waals surface area (Å²) >= 11 is 0. The topological polar surface area (TPSA) is 30.5 Å². The van der Waals surface area contributed by atoms with Gasteiger partial charge in [0.25, 0.3) is 0 Å². The van der Waals surface area contributed by atoms with E-state index in [-0.39, 0.29) is 0 Å². The second-order valence-electron chi connectivity index (χ2n) is 5.95. The standard InChI is InChI=1S/C18H29NO2/c1-4-6-14-7-9-15(10-8-14)19-16-11-12-17(21-5-2)18(13-16)20-3/h11-15,19H,4-10H2,1-3H3. The second-order valence-corrected chi connectivity index (χ2v) is 5.95. The van der Waals surface area contributed by atoms with Crippen LogP contribution in [-0.2, 0) is 0 Å². The highest BCUT2D eigenvalue weighted by Crippen LogP contribution is 2.33. The summed E-state index contributed by atoms with van der Waals surface area (Å²) in [5.41, 5.74) is 1.13. The van der Waals surface area contributed by atoms with Gasteiger partial charge in [0.2, 0.25) is 0 Å². The Hall–Kier alpha value is -1.38. The Morgan fingerprint density at radius 2 is 1.86 bits per heavy atom. The van der Waals surface area contributed by atoms with Gasteiger partial charge in [0.15, 0.2) is 11.5 Å². The third-order valence-electron chi connectivity index (χ3n) is 4.38. The van der Waals surface area contributed by atoms with E-state index in [1.165, 1.54) is 38.5 Å². The number of benzene rings is 1. The minimum atomic E-state index is 0.598. The molecular formula is C18H29NO2. The van der Waals surface area contributed by atoms with Crippen molar-refractivity contribution >= 4 is 5.69 Å². The predicted octanol–water partition coefficient (Wildman–Crippen LogP) is 4.86. The lowest BCUT2D eigenvalue weighted by Gasteiger charge is -2.29. The Balaban J connectivity index is 1.91. The summed E-state index contributed by atoms with van der Waals surface area (Å²) in [4.78, 5) is 0. The highest BCUT2D eigenvalue weighted by atomic mass is 16.5. The molecule has 0 spiro atoms. The van der Waals surface area contributed by atoms with E-state index < -0.39 is 0 Å². The van der Waals surface area contributed by atoms with Crippen LogP contribution in [0, 0.1) is 5.92 Å². The van der Waals surface area contributed by atoms with Gasteiger partial charge in [-0.25, -0.2) is 0 Å². The summed E-state index contributed by atoms with van der Waals surface area (Å²) in [5.74, 6) is 2.57. The Morgan fingerprint density at radius 1 is 1.10 bits per heavy atom. The summed E-state index contributed by atoms with van der Waals surface area (Å²) in [6, 6.07) is 6.73. The molecule has 3 nitrogen and oxygen atoms in total. The molecule has 0 bridgehead atoms. The summed E-state index contributed by atoms with van der Waals surface area (Å²) < 4.78 is 11.0. The molecule has 0 amide bonds. The Bertz CT molecular complexity index is 425. The molecule has 1 fully saturated rings. The van der Waals surface area contributed by atoms with Gasteiger partial charge in [0.05, 0.1) is 13.7 Å². The van der Waals surface area contributed by atoms with Crippen LogP contribution in [0.2, 0.25) is 0 Å². The van der Waals surface area contributed by atoms with Crippen LogP contribution in [0.25, 0.3) is 0 Å². The molecule has 1 aromatic carbocycles. The van der Waals surface area contributed by atoms with Crippen molar-refractivity contribution in [2.24, 2.45) is 5.92 Å². The molecule has 0 aromatic heterocycles. The molecule has 0 aliphatic heterocycles. The Kier molecular flexibility index (Phi) is 6.21. The molecule has 0 saturated heterocycles. The average Bonchev–Trinajstić information content (AvgIpc) is 2.51. The molecule has 0 radical (unpaired) electrons. The van der Waals surface area contributed by atoms with Gasteiger partial charge >= 0.3 is 0 Å². The summed E-state index contributed by atoms with van der Waals surface area (Å²) in [6.07, 6.45) is 7.99. The zero-order valence-corrected chi connectivity index (χ0v) is 13.7. The molecule has 1 aliphatic carbocycles. The fraction of sp³-hybridized carbons (Fsp3) is 0.667. The minimum Gasteiger partial charge on any atom is -0.493 e. The van der Waals surface area contributed by atoms with Crippen LogP contribution < -0.4 is 14.8 Å². The van der Waals surface area contributed by atoms with Crippen LogP contribution >= 0.6 is 0 Å². The lowest BCUT2D eigenvalue weighted by Crippen LogP contribution is -2.26. The van der Waals surface area contributed by atoms with E-state index in [4.69, 9.17) is 9.47 Å². The molecule has 0 atom stereocenters. The van der Waals surface area contributed by atoms with Crippen molar-refractivity contribution in [3.8, 4) is 11.5 Å². The number of nitrogens with one attached hydrogen (secondary N) is 1. The highest BCUT2D eigenvalue weighted by Gasteiger charge is 2.20. The zero-order valence-electron chi connectivity index (χ0n) is 13.7. The number of rotatable bonds is 7. The number of hydrogen-bond donors (Lipinski definition) is 1. The largest absolute Gasteiger partial charge is 0.493 e. The van der Waals surface area contributed by atoms with Crippen molar-refractivity contribution in [2.45, 2.75) is 58.4 Å². The van der Waals surface area contributed by atoms with Gasteiger partial charge in [-0.05, 0) is 50.7 Å². The first-order valence-electron chi connectivity index (χ1n) is 8.34. The van der Waals surface area contributed by atoms with Gasteiger partial charge in [0.1, 0.15) is 0 Å². The first-order chi connectivity index (χ1) is 10.3. The molecule has 2 rings (SSSR count). The number of hydrogen-bond acceptors (Lipinski definition) is 3. The monoisotopic (exact) mass is 291 g/mol. The maximum Gasteiger partial charge on any atom is 0.162 e. The van der Waals surface area contributed by atoms with Crippen LogP contribution in [0.5, 0.6) is 11.5 Å². The maximum absolute atomic E-state index is 5.56. The third-order valence-corrected chi connectivity index (χ3v) is 4.38. The van der Waals surface area contributed by atoms with Crippen molar-refractivity contribution in [1.29, 1.82) is 0 Å². The SMILES string of the molecule is CCCC1CCC(Nc2ccc(OCC)c(OC)c2)CC1. The van der Waals surface area contributed by atoms with Gasteiger partial charge in [-0.2, -0.15) is 0 Å². The quantitative estimate of drug-likeness (QED) is 0.778. The molecular weight excluding hydrogens is 262 g/mol. The molecule has 0 heterocycles. The van der Waals surface area contributed by atoms with Crippen LogP contribution in [-0.4, -0.2) is 19.8 Å². The van der Waals surface area contributed by atoms with E-state index in [0.717, 1.165) is 23.1 Å².